The predicted molar refractivity (Wildman–Crippen MR) is 116 cm³/mol. The van der Waals surface area contributed by atoms with Crippen LogP contribution in [0.25, 0.3) is 10.2 Å². The van der Waals surface area contributed by atoms with Crippen LogP contribution in [0.5, 0.6) is 0 Å². The van der Waals surface area contributed by atoms with Crippen LogP contribution in [0.3, 0.4) is 0 Å². The van der Waals surface area contributed by atoms with Gasteiger partial charge in [0.15, 0.2) is 4.80 Å². The minimum Gasteiger partial charge on any atom is -0.341 e. The molecular weight excluding hydrogens is 390 g/mol. The molecular formula is C21H25N3O2S2. The van der Waals surface area contributed by atoms with Gasteiger partial charge in [-0.2, -0.15) is 4.99 Å². The van der Waals surface area contributed by atoms with Crippen molar-refractivity contribution >= 4 is 45.1 Å². The molecule has 1 aliphatic rings. The Bertz CT molecular complexity index is 960. The normalized spacial score (nSPS) is 20.3. The average molecular weight is 416 g/mol. The second-order valence-corrected chi connectivity index (χ2v) is 9.38. The number of benzene rings is 1. The summed E-state index contributed by atoms with van der Waals surface area (Å²) in [4.78, 5) is 31.5. The molecule has 2 amide bonds. The van der Waals surface area contributed by atoms with E-state index in [4.69, 9.17) is 6.42 Å². The number of thioether (sulfide) groups is 1. The fourth-order valence-electron chi connectivity index (χ4n) is 3.67. The van der Waals surface area contributed by atoms with Gasteiger partial charge in [-0.25, -0.2) is 0 Å². The maximum Gasteiger partial charge on any atom is 0.258 e. The Labute approximate surface area is 173 Å². The zero-order valence-electron chi connectivity index (χ0n) is 16.3. The number of amides is 2. The average Bonchev–Trinajstić information content (AvgIpc) is 2.98. The van der Waals surface area contributed by atoms with Crippen LogP contribution in [-0.2, 0) is 16.1 Å². The summed E-state index contributed by atoms with van der Waals surface area (Å²) in [6.45, 7) is 6.36. The van der Waals surface area contributed by atoms with E-state index < -0.39 is 0 Å². The highest BCUT2D eigenvalue weighted by Gasteiger charge is 2.25. The Morgan fingerprint density at radius 1 is 1.25 bits per heavy atom. The number of thiazole rings is 1. The van der Waals surface area contributed by atoms with Crippen molar-refractivity contribution in [1.29, 1.82) is 0 Å². The molecule has 0 bridgehead atoms. The lowest BCUT2D eigenvalue weighted by molar-refractivity contribution is -0.130. The number of terminal acetylenes is 1. The van der Waals surface area contributed by atoms with Crippen LogP contribution in [0.4, 0.5) is 0 Å². The number of aromatic nitrogens is 1. The zero-order valence-corrected chi connectivity index (χ0v) is 17.9. The van der Waals surface area contributed by atoms with Gasteiger partial charge in [0.1, 0.15) is 0 Å². The molecule has 0 spiro atoms. The maximum atomic E-state index is 12.4. The summed E-state index contributed by atoms with van der Waals surface area (Å²) in [5.74, 6) is 4.07. The van der Waals surface area contributed by atoms with Crippen molar-refractivity contribution in [3.63, 3.8) is 0 Å². The second-order valence-electron chi connectivity index (χ2n) is 7.39. The van der Waals surface area contributed by atoms with E-state index >= 15 is 0 Å². The first-order valence-electron chi connectivity index (χ1n) is 9.42. The van der Waals surface area contributed by atoms with Gasteiger partial charge in [-0.1, -0.05) is 43.2 Å². The van der Waals surface area contributed by atoms with Crippen LogP contribution in [0.15, 0.2) is 29.3 Å². The lowest BCUT2D eigenvalue weighted by Gasteiger charge is -2.35. The number of piperidine rings is 1. The van der Waals surface area contributed by atoms with Gasteiger partial charge in [0, 0.05) is 13.1 Å². The highest BCUT2D eigenvalue weighted by molar-refractivity contribution is 8.00. The van der Waals surface area contributed by atoms with E-state index in [0.29, 0.717) is 28.9 Å². The minimum absolute atomic E-state index is 0.112. The van der Waals surface area contributed by atoms with Crippen LogP contribution in [0.1, 0.15) is 20.3 Å². The summed E-state index contributed by atoms with van der Waals surface area (Å²) < 4.78 is 2.92. The number of carbonyl (C=O) groups excluding carboxylic acids is 2. The van der Waals surface area contributed by atoms with Crippen LogP contribution in [0, 0.1) is 24.2 Å². The van der Waals surface area contributed by atoms with Crippen molar-refractivity contribution in [1.82, 2.24) is 9.47 Å². The highest BCUT2D eigenvalue weighted by Crippen LogP contribution is 2.21. The molecule has 3 rings (SSSR count). The Morgan fingerprint density at radius 2 is 1.96 bits per heavy atom. The molecule has 1 aromatic heterocycles. The van der Waals surface area contributed by atoms with E-state index in [9.17, 15) is 9.59 Å². The smallest absolute Gasteiger partial charge is 0.258 e. The van der Waals surface area contributed by atoms with E-state index in [1.807, 2.05) is 33.7 Å². The number of para-hydroxylation sites is 1. The van der Waals surface area contributed by atoms with E-state index in [1.54, 1.807) is 0 Å². The molecule has 5 nitrogen and oxygen atoms in total. The zero-order chi connectivity index (χ0) is 20.1. The van der Waals surface area contributed by atoms with Gasteiger partial charge in [0.2, 0.25) is 5.91 Å². The fourth-order valence-corrected chi connectivity index (χ4v) is 5.42. The molecule has 0 saturated carbocycles. The summed E-state index contributed by atoms with van der Waals surface area (Å²) in [7, 11) is 0. The molecule has 7 heteroatoms. The van der Waals surface area contributed by atoms with Crippen molar-refractivity contribution < 1.29 is 9.59 Å². The lowest BCUT2D eigenvalue weighted by Crippen LogP contribution is -2.43. The first-order valence-corrected chi connectivity index (χ1v) is 11.4. The van der Waals surface area contributed by atoms with Crippen molar-refractivity contribution in [2.75, 3.05) is 24.6 Å². The monoisotopic (exact) mass is 415 g/mol. The maximum absolute atomic E-state index is 12.4. The Kier molecular flexibility index (Phi) is 6.97. The van der Waals surface area contributed by atoms with Crippen molar-refractivity contribution in [3.8, 4) is 12.3 Å². The third kappa shape index (κ3) is 5.06. The molecule has 1 fully saturated rings. The summed E-state index contributed by atoms with van der Waals surface area (Å²) >= 11 is 2.78. The standard InChI is InChI=1S/C21H25N3O2S2/c1-4-9-24-17-7-5-6-8-18(17)28-21(24)22-19(25)13-27-14-20(26)23-11-15(2)10-16(3)12-23/h1,5-8,15-16H,9-14H2,2-3H3/t15-,16-/m1/s1. The van der Waals surface area contributed by atoms with Crippen molar-refractivity contribution in [3.05, 3.63) is 29.1 Å². The first-order chi connectivity index (χ1) is 13.5. The number of likely N-dealkylation sites (tertiary alicyclic amines) is 1. The third-order valence-corrected chi connectivity index (χ3v) is 6.69. The Hall–Kier alpha value is -2.04. The molecule has 0 aliphatic carbocycles. The molecule has 0 radical (unpaired) electrons. The largest absolute Gasteiger partial charge is 0.341 e. The number of rotatable bonds is 5. The minimum atomic E-state index is -0.240. The summed E-state index contributed by atoms with van der Waals surface area (Å²) in [5, 5.41) is 0. The molecule has 1 aromatic carbocycles. The van der Waals surface area contributed by atoms with Crippen molar-refractivity contribution in [2.24, 2.45) is 16.8 Å². The quantitative estimate of drug-likeness (QED) is 0.706. The Balaban J connectivity index is 1.61. The second kappa shape index (κ2) is 9.44. The van der Waals surface area contributed by atoms with Gasteiger partial charge in [-0.05, 0) is 30.4 Å². The SMILES string of the molecule is C#CCn1c(=NC(=O)CSCC(=O)N2C[C@H](C)C[C@@H](C)C2)sc2ccccc21. The lowest BCUT2D eigenvalue weighted by atomic mass is 9.92. The van der Waals surface area contributed by atoms with Gasteiger partial charge in [0.25, 0.3) is 5.91 Å². The Morgan fingerprint density at radius 3 is 2.68 bits per heavy atom. The molecule has 28 heavy (non-hydrogen) atoms. The molecule has 0 unspecified atom stereocenters. The number of carbonyl (C=O) groups is 2. The first kappa shape index (κ1) is 20.7. The fraction of sp³-hybridized carbons (Fsp3) is 0.476. The van der Waals surface area contributed by atoms with Crippen LogP contribution in [0.2, 0.25) is 0 Å². The number of fused-ring (bicyclic) bond motifs is 1. The van der Waals surface area contributed by atoms with Crippen LogP contribution >= 0.6 is 23.1 Å². The van der Waals surface area contributed by atoms with Crippen LogP contribution < -0.4 is 4.80 Å². The molecule has 2 atom stereocenters. The van der Waals surface area contributed by atoms with Gasteiger partial charge >= 0.3 is 0 Å². The van der Waals surface area contributed by atoms with E-state index in [1.165, 1.54) is 29.5 Å². The molecule has 148 valence electrons. The van der Waals surface area contributed by atoms with Gasteiger partial charge < -0.3 is 9.47 Å². The van der Waals surface area contributed by atoms with Gasteiger partial charge in [-0.3, -0.25) is 9.59 Å². The molecule has 1 saturated heterocycles. The summed E-state index contributed by atoms with van der Waals surface area (Å²) in [6.07, 6.45) is 6.64. The van der Waals surface area contributed by atoms with E-state index in [-0.39, 0.29) is 17.6 Å². The molecule has 0 N–H and O–H groups in total. The van der Waals surface area contributed by atoms with Gasteiger partial charge in [-0.15, -0.1) is 18.2 Å². The molecule has 2 aromatic rings. The summed E-state index contributed by atoms with van der Waals surface area (Å²) in [6, 6.07) is 7.86. The third-order valence-electron chi connectivity index (χ3n) is 4.73. The van der Waals surface area contributed by atoms with E-state index in [2.05, 4.69) is 24.8 Å². The molecule has 1 aliphatic heterocycles. The topological polar surface area (TPSA) is 54.7 Å². The van der Waals surface area contributed by atoms with Crippen LogP contribution in [-0.4, -0.2) is 45.9 Å². The van der Waals surface area contributed by atoms with Crippen molar-refractivity contribution in [2.45, 2.75) is 26.8 Å². The number of nitrogens with zero attached hydrogens (tertiary/aromatic N) is 3. The number of hydrogen-bond donors (Lipinski definition) is 0. The molecule has 2 heterocycles. The van der Waals surface area contributed by atoms with E-state index in [0.717, 1.165) is 23.3 Å². The highest BCUT2D eigenvalue weighted by atomic mass is 32.2. The summed E-state index contributed by atoms with van der Waals surface area (Å²) in [5.41, 5.74) is 0.980. The van der Waals surface area contributed by atoms with Gasteiger partial charge in [0.05, 0.1) is 28.3 Å². The predicted octanol–water partition coefficient (Wildman–Crippen LogP) is 3.00. The number of hydrogen-bond acceptors (Lipinski definition) is 4.